The van der Waals surface area contributed by atoms with Gasteiger partial charge in [0, 0.05) is 6.07 Å². The van der Waals surface area contributed by atoms with Gasteiger partial charge in [-0.15, -0.1) is 11.8 Å². The largest absolute Gasteiger partial charge is 0.543 e. The molecule has 2 atom stereocenters. The third-order valence-electron chi connectivity index (χ3n) is 8.28. The Bertz CT molecular complexity index is 1380. The van der Waals surface area contributed by atoms with Crippen molar-refractivity contribution >= 4 is 20.1 Å². The van der Waals surface area contributed by atoms with Crippen molar-refractivity contribution in [3.8, 4) is 17.2 Å². The number of ether oxygens (including phenoxy) is 2. The monoisotopic (exact) mass is 582 g/mol. The van der Waals surface area contributed by atoms with Crippen molar-refractivity contribution in [2.75, 3.05) is 0 Å². The zero-order valence-electron chi connectivity index (χ0n) is 25.0. The van der Waals surface area contributed by atoms with Crippen molar-refractivity contribution < 1.29 is 13.9 Å². The molecular weight excluding hydrogens is 541 g/mol. The topological polar surface area (TPSA) is 27.7 Å². The van der Waals surface area contributed by atoms with Gasteiger partial charge in [0.15, 0.2) is 0 Å². The first-order chi connectivity index (χ1) is 19.8. The molecule has 214 valence electrons. The molecule has 0 aliphatic carbocycles. The van der Waals surface area contributed by atoms with E-state index < -0.39 is 8.32 Å². The predicted molar refractivity (Wildman–Crippen MR) is 174 cm³/mol. The molecule has 1 aliphatic rings. The Balaban J connectivity index is 1.42. The van der Waals surface area contributed by atoms with Gasteiger partial charge in [0.2, 0.25) is 0 Å². The van der Waals surface area contributed by atoms with E-state index in [2.05, 4.69) is 114 Å². The molecule has 0 spiro atoms. The summed E-state index contributed by atoms with van der Waals surface area (Å²) in [7, 11) is -2.03. The normalized spacial score (nSPS) is 16.9. The molecule has 5 heteroatoms. The minimum Gasteiger partial charge on any atom is -0.543 e. The summed E-state index contributed by atoms with van der Waals surface area (Å²) in [6.45, 7) is 14.5. The van der Waals surface area contributed by atoms with Gasteiger partial charge in [-0.3, -0.25) is 0 Å². The second-order valence-corrected chi connectivity index (χ2v) is 18.4. The van der Waals surface area contributed by atoms with Crippen molar-refractivity contribution in [1.29, 1.82) is 0 Å². The maximum absolute atomic E-state index is 6.95. The highest BCUT2D eigenvalue weighted by Gasteiger charge is 2.47. The van der Waals surface area contributed by atoms with Gasteiger partial charge in [0.1, 0.15) is 30.0 Å². The van der Waals surface area contributed by atoms with Crippen LogP contribution in [-0.4, -0.2) is 8.32 Å². The zero-order chi connectivity index (χ0) is 29.0. The highest BCUT2D eigenvalue weighted by molar-refractivity contribution is 7.99. The summed E-state index contributed by atoms with van der Waals surface area (Å²) in [6, 6.07) is 35.8. The third-order valence-corrected chi connectivity index (χ3v) is 15.7. The molecule has 0 saturated carbocycles. The van der Waals surface area contributed by atoms with Crippen molar-refractivity contribution in [2.45, 2.75) is 81.0 Å². The highest BCUT2D eigenvalue weighted by atomic mass is 32.2. The van der Waals surface area contributed by atoms with Crippen molar-refractivity contribution in [3.05, 3.63) is 120 Å². The summed E-state index contributed by atoms with van der Waals surface area (Å²) in [5, 5.41) is 0.127. The van der Waals surface area contributed by atoms with Gasteiger partial charge in [0.25, 0.3) is 8.32 Å². The van der Waals surface area contributed by atoms with Crippen LogP contribution in [-0.2, 0) is 6.61 Å². The molecule has 5 rings (SSSR count). The molecule has 0 unspecified atom stereocenters. The van der Waals surface area contributed by atoms with Crippen LogP contribution in [0.25, 0.3) is 0 Å². The first-order valence-electron chi connectivity index (χ1n) is 14.8. The van der Waals surface area contributed by atoms with E-state index in [4.69, 9.17) is 13.9 Å². The van der Waals surface area contributed by atoms with E-state index >= 15 is 0 Å². The molecule has 0 fully saturated rings. The third kappa shape index (κ3) is 6.36. The summed E-state index contributed by atoms with van der Waals surface area (Å²) < 4.78 is 19.9. The van der Waals surface area contributed by atoms with Crippen LogP contribution in [0.3, 0.4) is 0 Å². The Hall–Kier alpha value is -3.15. The van der Waals surface area contributed by atoms with Crippen LogP contribution in [0.5, 0.6) is 17.2 Å². The predicted octanol–water partition coefficient (Wildman–Crippen LogP) is 10.8. The smallest absolute Gasteiger partial charge is 0.258 e. The molecule has 1 aliphatic heterocycles. The van der Waals surface area contributed by atoms with Crippen molar-refractivity contribution in [1.82, 2.24) is 0 Å². The molecule has 0 saturated heterocycles. The van der Waals surface area contributed by atoms with Gasteiger partial charge in [-0.05, 0) is 57.6 Å². The van der Waals surface area contributed by atoms with E-state index in [0.29, 0.717) is 23.2 Å². The summed E-state index contributed by atoms with van der Waals surface area (Å²) in [4.78, 5) is 1.13. The Kier molecular flexibility index (Phi) is 9.15. The summed E-state index contributed by atoms with van der Waals surface area (Å²) in [5.41, 5.74) is 5.12. The number of hydrogen-bond acceptors (Lipinski definition) is 4. The molecule has 0 radical (unpaired) electrons. The Morgan fingerprint density at radius 1 is 0.683 bits per heavy atom. The second kappa shape index (κ2) is 12.8. The fourth-order valence-corrected chi connectivity index (χ4v) is 12.8. The van der Waals surface area contributed by atoms with Crippen molar-refractivity contribution in [3.63, 3.8) is 0 Å². The van der Waals surface area contributed by atoms with Crippen LogP contribution in [0, 0.1) is 0 Å². The van der Waals surface area contributed by atoms with Crippen LogP contribution in [0.1, 0.15) is 69.6 Å². The average molecular weight is 583 g/mol. The molecule has 0 bridgehead atoms. The molecule has 1 heterocycles. The number of fused-ring (bicyclic) bond motifs is 1. The lowest BCUT2D eigenvalue weighted by Crippen LogP contribution is -2.50. The molecule has 4 aromatic rings. The number of hydrogen-bond donors (Lipinski definition) is 0. The van der Waals surface area contributed by atoms with E-state index in [1.807, 2.05) is 42.1 Å². The number of benzene rings is 4. The quantitative estimate of drug-likeness (QED) is 0.174. The summed E-state index contributed by atoms with van der Waals surface area (Å²) >= 11 is 1.86. The fraction of sp³-hybridized carbons (Fsp3) is 0.333. The van der Waals surface area contributed by atoms with Gasteiger partial charge >= 0.3 is 0 Å². The van der Waals surface area contributed by atoms with Crippen molar-refractivity contribution in [2.24, 2.45) is 0 Å². The Morgan fingerprint density at radius 3 is 1.88 bits per heavy atom. The van der Waals surface area contributed by atoms with Crippen LogP contribution < -0.4 is 13.9 Å². The fourth-order valence-electron chi connectivity index (χ4n) is 6.32. The van der Waals surface area contributed by atoms with E-state index in [1.165, 1.54) is 5.56 Å². The first kappa shape index (κ1) is 29.3. The minimum atomic E-state index is -2.03. The molecular formula is C36H42O3SSi. The number of rotatable bonds is 10. The van der Waals surface area contributed by atoms with E-state index in [1.54, 1.807) is 0 Å². The lowest BCUT2D eigenvalue weighted by Gasteiger charge is -2.42. The standard InChI is InChI=1S/C36H42O3SSi/c1-25(2)41(26(3)4,27(5)6)39-31-19-17-29(18-20-31)35-36(30-15-11-8-12-16-30)40-34-22-21-32(23-33(34)38-35)37-24-28-13-9-7-10-14-28/h7-23,25-27,35-36H,24H2,1-6H3/t35-,36+/m1/s1. The van der Waals surface area contributed by atoms with Gasteiger partial charge < -0.3 is 13.9 Å². The first-order valence-corrected chi connectivity index (χ1v) is 17.8. The van der Waals surface area contributed by atoms with Gasteiger partial charge in [0.05, 0.1) is 10.1 Å². The minimum absolute atomic E-state index is 0.127. The Labute approximate surface area is 251 Å². The Morgan fingerprint density at radius 2 is 1.27 bits per heavy atom. The molecule has 41 heavy (non-hydrogen) atoms. The van der Waals surface area contributed by atoms with Gasteiger partial charge in [-0.1, -0.05) is 114 Å². The maximum Gasteiger partial charge on any atom is 0.258 e. The lowest BCUT2D eigenvalue weighted by molar-refractivity contribution is 0.189. The van der Waals surface area contributed by atoms with Gasteiger partial charge in [-0.2, -0.15) is 0 Å². The zero-order valence-corrected chi connectivity index (χ0v) is 26.9. The van der Waals surface area contributed by atoms with E-state index in [0.717, 1.165) is 33.3 Å². The second-order valence-electron chi connectivity index (χ2n) is 11.9. The van der Waals surface area contributed by atoms with Crippen LogP contribution in [0.4, 0.5) is 0 Å². The maximum atomic E-state index is 6.95. The number of thioether (sulfide) groups is 1. The molecule has 0 N–H and O–H groups in total. The lowest BCUT2D eigenvalue weighted by atomic mass is 10.00. The summed E-state index contributed by atoms with van der Waals surface area (Å²) in [5.74, 6) is 2.64. The van der Waals surface area contributed by atoms with Crippen LogP contribution >= 0.6 is 11.8 Å². The SMILES string of the molecule is CC(C)[Si](Oc1ccc([C@H]2Oc3cc(OCc4ccccc4)ccc3S[C@H]2c2ccccc2)cc1)(C(C)C)C(C)C. The summed E-state index contributed by atoms with van der Waals surface area (Å²) in [6.07, 6.45) is -0.143. The molecule has 0 aromatic heterocycles. The van der Waals surface area contributed by atoms with Crippen LogP contribution in [0.2, 0.25) is 16.6 Å². The van der Waals surface area contributed by atoms with Gasteiger partial charge in [-0.25, -0.2) is 0 Å². The van der Waals surface area contributed by atoms with E-state index in [-0.39, 0.29) is 11.4 Å². The average Bonchev–Trinajstić information content (AvgIpc) is 2.99. The molecule has 4 aromatic carbocycles. The van der Waals surface area contributed by atoms with Crippen LogP contribution in [0.15, 0.2) is 108 Å². The molecule has 3 nitrogen and oxygen atoms in total. The van der Waals surface area contributed by atoms with E-state index in [9.17, 15) is 0 Å². The molecule has 0 amide bonds. The highest BCUT2D eigenvalue weighted by Crippen LogP contribution is 2.54.